The average molecular weight is 280 g/mol. The number of carbonyl (C=O) groups excluding carboxylic acids is 1. The van der Waals surface area contributed by atoms with E-state index in [0.29, 0.717) is 6.54 Å². The summed E-state index contributed by atoms with van der Waals surface area (Å²) in [5, 5.41) is 13.0. The SMILES string of the molecule is O=C1CNc2ccc(C3CNc4ccccc4N3)cc2N1. The van der Waals surface area contributed by atoms with Gasteiger partial charge in [-0.05, 0) is 29.8 Å². The molecule has 0 fully saturated rings. The molecule has 1 unspecified atom stereocenters. The smallest absolute Gasteiger partial charge is 0.243 e. The fourth-order valence-electron chi connectivity index (χ4n) is 2.82. The third kappa shape index (κ3) is 2.16. The maximum atomic E-state index is 11.5. The van der Waals surface area contributed by atoms with Crippen molar-refractivity contribution in [1.82, 2.24) is 0 Å². The van der Waals surface area contributed by atoms with Crippen molar-refractivity contribution >= 4 is 28.7 Å². The second-order valence-electron chi connectivity index (χ2n) is 5.33. The molecule has 2 aliphatic heterocycles. The van der Waals surface area contributed by atoms with E-state index in [-0.39, 0.29) is 11.9 Å². The van der Waals surface area contributed by atoms with Crippen LogP contribution in [0.2, 0.25) is 0 Å². The number of anilines is 4. The quantitative estimate of drug-likeness (QED) is 0.648. The van der Waals surface area contributed by atoms with Gasteiger partial charge in [-0.25, -0.2) is 0 Å². The van der Waals surface area contributed by atoms with Crippen molar-refractivity contribution in [3.8, 4) is 0 Å². The summed E-state index contributed by atoms with van der Waals surface area (Å²) < 4.78 is 0. The van der Waals surface area contributed by atoms with Crippen LogP contribution in [0.1, 0.15) is 11.6 Å². The standard InChI is InChI=1S/C16H16N4O/c21-16-9-18-12-6-5-10(7-14(12)20-16)15-8-17-11-3-1-2-4-13(11)19-15/h1-7,15,17-19H,8-9H2,(H,20,21). The zero-order valence-corrected chi connectivity index (χ0v) is 11.4. The Kier molecular flexibility index (Phi) is 2.70. The van der Waals surface area contributed by atoms with Gasteiger partial charge >= 0.3 is 0 Å². The van der Waals surface area contributed by atoms with E-state index < -0.39 is 0 Å². The Hall–Kier alpha value is -2.69. The number of fused-ring (bicyclic) bond motifs is 2. The first-order valence-electron chi connectivity index (χ1n) is 7.07. The first-order chi connectivity index (χ1) is 10.3. The summed E-state index contributed by atoms with van der Waals surface area (Å²) in [7, 11) is 0. The number of hydrogen-bond acceptors (Lipinski definition) is 4. The summed E-state index contributed by atoms with van der Waals surface area (Å²) in [6, 6.07) is 14.5. The van der Waals surface area contributed by atoms with Crippen LogP contribution in [0.4, 0.5) is 22.7 Å². The molecule has 0 radical (unpaired) electrons. The molecule has 5 heteroatoms. The zero-order valence-electron chi connectivity index (χ0n) is 11.4. The van der Waals surface area contributed by atoms with Gasteiger partial charge in [0.25, 0.3) is 0 Å². The molecule has 4 rings (SSSR count). The molecule has 106 valence electrons. The molecule has 0 bridgehead atoms. The van der Waals surface area contributed by atoms with Gasteiger partial charge in [0, 0.05) is 6.54 Å². The predicted molar refractivity (Wildman–Crippen MR) is 84.9 cm³/mol. The topological polar surface area (TPSA) is 65.2 Å². The highest BCUT2D eigenvalue weighted by Gasteiger charge is 2.21. The van der Waals surface area contributed by atoms with Gasteiger partial charge in [-0.1, -0.05) is 18.2 Å². The number of benzene rings is 2. The summed E-state index contributed by atoms with van der Waals surface area (Å²) in [5.74, 6) is -0.000256. The van der Waals surface area contributed by atoms with Crippen LogP contribution >= 0.6 is 0 Å². The Bertz CT molecular complexity index is 713. The van der Waals surface area contributed by atoms with Crippen LogP contribution < -0.4 is 21.3 Å². The van der Waals surface area contributed by atoms with Crippen molar-refractivity contribution in [3.63, 3.8) is 0 Å². The number of hydrogen-bond donors (Lipinski definition) is 4. The largest absolute Gasteiger partial charge is 0.381 e. The molecule has 0 saturated carbocycles. The molecule has 0 aromatic heterocycles. The molecule has 21 heavy (non-hydrogen) atoms. The molecule has 2 aliphatic rings. The number of para-hydroxylation sites is 2. The summed E-state index contributed by atoms with van der Waals surface area (Å²) in [6.45, 7) is 1.15. The molecule has 0 aliphatic carbocycles. The van der Waals surface area contributed by atoms with Crippen molar-refractivity contribution in [2.75, 3.05) is 34.4 Å². The molecule has 4 N–H and O–H groups in total. The lowest BCUT2D eigenvalue weighted by molar-refractivity contribution is -0.114. The lowest BCUT2D eigenvalue weighted by Gasteiger charge is -2.29. The maximum absolute atomic E-state index is 11.5. The minimum atomic E-state index is -0.000256. The maximum Gasteiger partial charge on any atom is 0.243 e. The van der Waals surface area contributed by atoms with Crippen LogP contribution in [-0.4, -0.2) is 19.0 Å². The van der Waals surface area contributed by atoms with Crippen LogP contribution in [0, 0.1) is 0 Å². The van der Waals surface area contributed by atoms with E-state index in [1.165, 1.54) is 0 Å². The highest BCUT2D eigenvalue weighted by atomic mass is 16.2. The molecule has 1 amide bonds. The van der Waals surface area contributed by atoms with Gasteiger partial charge in [0.1, 0.15) is 0 Å². The Morgan fingerprint density at radius 1 is 0.905 bits per heavy atom. The van der Waals surface area contributed by atoms with E-state index in [1.807, 2.05) is 24.3 Å². The van der Waals surface area contributed by atoms with Crippen molar-refractivity contribution in [1.29, 1.82) is 0 Å². The fourth-order valence-corrected chi connectivity index (χ4v) is 2.82. The van der Waals surface area contributed by atoms with Gasteiger partial charge in [-0.15, -0.1) is 0 Å². The van der Waals surface area contributed by atoms with Crippen LogP contribution in [0.15, 0.2) is 42.5 Å². The van der Waals surface area contributed by atoms with E-state index in [9.17, 15) is 4.79 Å². The number of nitrogens with one attached hydrogen (secondary N) is 4. The fraction of sp³-hybridized carbons (Fsp3) is 0.188. The lowest BCUT2D eigenvalue weighted by Crippen LogP contribution is -2.29. The molecule has 0 spiro atoms. The Balaban J connectivity index is 1.63. The highest BCUT2D eigenvalue weighted by molar-refractivity contribution is 6.00. The first kappa shape index (κ1) is 12.1. The molecular weight excluding hydrogens is 264 g/mol. The van der Waals surface area contributed by atoms with E-state index in [1.54, 1.807) is 0 Å². The van der Waals surface area contributed by atoms with Crippen LogP contribution in [0.5, 0.6) is 0 Å². The molecule has 2 aromatic rings. The van der Waals surface area contributed by atoms with Gasteiger partial charge < -0.3 is 21.3 Å². The Labute approximate surface area is 122 Å². The number of rotatable bonds is 1. The van der Waals surface area contributed by atoms with Crippen molar-refractivity contribution in [3.05, 3.63) is 48.0 Å². The second kappa shape index (κ2) is 4.70. The van der Waals surface area contributed by atoms with Crippen molar-refractivity contribution < 1.29 is 4.79 Å². The summed E-state index contributed by atoms with van der Waals surface area (Å²) in [5.41, 5.74) is 5.21. The summed E-state index contributed by atoms with van der Waals surface area (Å²) >= 11 is 0. The Morgan fingerprint density at radius 2 is 1.71 bits per heavy atom. The van der Waals surface area contributed by atoms with E-state index >= 15 is 0 Å². The normalized spacial score (nSPS) is 19.2. The molecule has 0 saturated heterocycles. The molecular formula is C16H16N4O. The van der Waals surface area contributed by atoms with Crippen molar-refractivity contribution in [2.45, 2.75) is 6.04 Å². The van der Waals surface area contributed by atoms with E-state index in [2.05, 4.69) is 39.5 Å². The Morgan fingerprint density at radius 3 is 2.62 bits per heavy atom. The third-order valence-corrected chi connectivity index (χ3v) is 3.91. The average Bonchev–Trinajstić information content (AvgIpc) is 2.53. The van der Waals surface area contributed by atoms with E-state index in [0.717, 1.165) is 34.9 Å². The van der Waals surface area contributed by atoms with Gasteiger partial charge in [0.05, 0.1) is 35.3 Å². The lowest BCUT2D eigenvalue weighted by atomic mass is 10.0. The van der Waals surface area contributed by atoms with Crippen LogP contribution in [-0.2, 0) is 4.79 Å². The third-order valence-electron chi connectivity index (χ3n) is 3.91. The predicted octanol–water partition coefficient (Wildman–Crippen LogP) is 2.63. The molecule has 2 aromatic carbocycles. The molecule has 1 atom stereocenters. The van der Waals surface area contributed by atoms with E-state index in [4.69, 9.17) is 0 Å². The molecule has 2 heterocycles. The van der Waals surface area contributed by atoms with Crippen LogP contribution in [0.3, 0.4) is 0 Å². The second-order valence-corrected chi connectivity index (χ2v) is 5.33. The minimum Gasteiger partial charge on any atom is -0.381 e. The number of amides is 1. The van der Waals surface area contributed by atoms with Crippen molar-refractivity contribution in [2.24, 2.45) is 0 Å². The zero-order chi connectivity index (χ0) is 14.2. The highest BCUT2D eigenvalue weighted by Crippen LogP contribution is 2.34. The van der Waals surface area contributed by atoms with Gasteiger partial charge in [-0.3, -0.25) is 4.79 Å². The monoisotopic (exact) mass is 280 g/mol. The van der Waals surface area contributed by atoms with Crippen LogP contribution in [0.25, 0.3) is 0 Å². The van der Waals surface area contributed by atoms with Gasteiger partial charge in [0.2, 0.25) is 5.91 Å². The summed E-state index contributed by atoms with van der Waals surface area (Å²) in [6.07, 6.45) is 0. The summed E-state index contributed by atoms with van der Waals surface area (Å²) in [4.78, 5) is 11.5. The first-order valence-corrected chi connectivity index (χ1v) is 7.07. The number of carbonyl (C=O) groups is 1. The van der Waals surface area contributed by atoms with Gasteiger partial charge in [0.15, 0.2) is 0 Å². The van der Waals surface area contributed by atoms with Gasteiger partial charge in [-0.2, -0.15) is 0 Å². The molecule has 5 nitrogen and oxygen atoms in total. The minimum absolute atomic E-state index is 0.000256.